The molecule has 1 aromatic rings. The van der Waals surface area contributed by atoms with Crippen molar-refractivity contribution in [2.75, 3.05) is 0 Å². The molecule has 4 heteroatoms. The molecular formula is C15H21NO3. The number of rotatable bonds is 4. The monoisotopic (exact) mass is 263 g/mol. The van der Waals surface area contributed by atoms with E-state index in [2.05, 4.69) is 5.32 Å². The Morgan fingerprint density at radius 2 is 1.74 bits per heavy atom. The van der Waals surface area contributed by atoms with Crippen molar-refractivity contribution in [2.24, 2.45) is 5.41 Å². The number of aryl methyl sites for hydroxylation is 1. The summed E-state index contributed by atoms with van der Waals surface area (Å²) in [7, 11) is 0. The molecule has 0 saturated carbocycles. The van der Waals surface area contributed by atoms with Crippen molar-refractivity contribution < 1.29 is 14.7 Å². The maximum atomic E-state index is 11.9. The first-order valence-corrected chi connectivity index (χ1v) is 6.28. The van der Waals surface area contributed by atoms with Gasteiger partial charge in [-0.2, -0.15) is 0 Å². The van der Waals surface area contributed by atoms with Crippen LogP contribution >= 0.6 is 0 Å². The Bertz CT molecular complexity index is 457. The third kappa shape index (κ3) is 4.73. The van der Waals surface area contributed by atoms with Crippen LogP contribution in [0.4, 0.5) is 0 Å². The molecule has 0 unspecified atom stereocenters. The largest absolute Gasteiger partial charge is 0.480 e. The smallest absolute Gasteiger partial charge is 0.326 e. The van der Waals surface area contributed by atoms with Gasteiger partial charge < -0.3 is 10.4 Å². The molecule has 0 heterocycles. The van der Waals surface area contributed by atoms with Gasteiger partial charge in [-0.15, -0.1) is 0 Å². The maximum absolute atomic E-state index is 11.9. The summed E-state index contributed by atoms with van der Waals surface area (Å²) in [5, 5.41) is 11.7. The van der Waals surface area contributed by atoms with Crippen LogP contribution in [0.5, 0.6) is 0 Å². The first-order chi connectivity index (χ1) is 8.70. The van der Waals surface area contributed by atoms with Crippen LogP contribution in [0.3, 0.4) is 0 Å². The summed E-state index contributed by atoms with van der Waals surface area (Å²) in [5.74, 6) is -1.28. The Kier molecular flexibility index (Phi) is 4.70. The second kappa shape index (κ2) is 5.87. The first kappa shape index (κ1) is 15.2. The van der Waals surface area contributed by atoms with E-state index in [0.717, 1.165) is 11.1 Å². The molecule has 2 N–H and O–H groups in total. The number of carboxylic acids is 1. The highest BCUT2D eigenvalue weighted by Gasteiger charge is 2.32. The summed E-state index contributed by atoms with van der Waals surface area (Å²) < 4.78 is 0. The van der Waals surface area contributed by atoms with E-state index in [9.17, 15) is 9.59 Å². The van der Waals surface area contributed by atoms with Crippen LogP contribution in [-0.4, -0.2) is 23.0 Å². The lowest BCUT2D eigenvalue weighted by Crippen LogP contribution is -2.49. The predicted octanol–water partition coefficient (Wildman–Crippen LogP) is 2.15. The molecule has 1 amide bonds. The van der Waals surface area contributed by atoms with E-state index in [1.807, 2.05) is 31.2 Å². The molecule has 19 heavy (non-hydrogen) atoms. The molecule has 1 atom stereocenters. The highest BCUT2D eigenvalue weighted by atomic mass is 16.4. The average molecular weight is 263 g/mol. The topological polar surface area (TPSA) is 66.4 Å². The summed E-state index contributed by atoms with van der Waals surface area (Å²) >= 11 is 0. The van der Waals surface area contributed by atoms with Crippen molar-refractivity contribution in [2.45, 2.75) is 40.2 Å². The van der Waals surface area contributed by atoms with Gasteiger partial charge in [-0.1, -0.05) is 50.6 Å². The van der Waals surface area contributed by atoms with Crippen LogP contribution < -0.4 is 5.32 Å². The molecule has 0 radical (unpaired) electrons. The molecule has 0 aliphatic carbocycles. The maximum Gasteiger partial charge on any atom is 0.326 e. The molecule has 0 aliphatic heterocycles. The fraction of sp³-hybridized carbons (Fsp3) is 0.467. The van der Waals surface area contributed by atoms with E-state index in [-0.39, 0.29) is 12.3 Å². The Balaban J connectivity index is 2.68. The number of amides is 1. The van der Waals surface area contributed by atoms with E-state index in [4.69, 9.17) is 5.11 Å². The zero-order valence-electron chi connectivity index (χ0n) is 11.9. The minimum atomic E-state index is -1.01. The summed E-state index contributed by atoms with van der Waals surface area (Å²) in [4.78, 5) is 23.0. The number of carboxylic acid groups (broad SMARTS) is 1. The van der Waals surface area contributed by atoms with Crippen molar-refractivity contribution in [3.05, 3.63) is 35.4 Å². The molecule has 0 fully saturated rings. The van der Waals surface area contributed by atoms with Crippen molar-refractivity contribution in [3.8, 4) is 0 Å². The number of aliphatic carboxylic acids is 1. The van der Waals surface area contributed by atoms with Crippen LogP contribution in [0.25, 0.3) is 0 Å². The standard InChI is InChI=1S/C15H21NO3/c1-10-5-7-11(8-6-10)9-12(17)16-13(14(18)19)15(2,3)4/h5-8,13H,9H2,1-4H3,(H,16,17)(H,18,19)/t13-/m1/s1. The number of benzene rings is 1. The zero-order valence-corrected chi connectivity index (χ0v) is 11.9. The number of carbonyl (C=O) groups is 2. The van der Waals surface area contributed by atoms with Gasteiger partial charge in [-0.3, -0.25) is 4.79 Å². The van der Waals surface area contributed by atoms with Gasteiger partial charge in [0.1, 0.15) is 6.04 Å². The van der Waals surface area contributed by atoms with E-state index in [1.165, 1.54) is 0 Å². The van der Waals surface area contributed by atoms with E-state index in [0.29, 0.717) is 0 Å². The minimum Gasteiger partial charge on any atom is -0.480 e. The molecule has 104 valence electrons. The van der Waals surface area contributed by atoms with Gasteiger partial charge >= 0.3 is 5.97 Å². The Morgan fingerprint density at radius 1 is 1.21 bits per heavy atom. The van der Waals surface area contributed by atoms with E-state index in [1.54, 1.807) is 20.8 Å². The molecule has 1 aromatic carbocycles. The quantitative estimate of drug-likeness (QED) is 0.874. The second-order valence-electron chi connectivity index (χ2n) is 5.87. The number of carbonyl (C=O) groups excluding carboxylic acids is 1. The molecule has 0 bridgehead atoms. The normalized spacial score (nSPS) is 12.8. The summed E-state index contributed by atoms with van der Waals surface area (Å²) in [6, 6.07) is 6.73. The van der Waals surface area contributed by atoms with Crippen molar-refractivity contribution >= 4 is 11.9 Å². The highest BCUT2D eigenvalue weighted by Crippen LogP contribution is 2.19. The van der Waals surface area contributed by atoms with Crippen molar-refractivity contribution in [3.63, 3.8) is 0 Å². The van der Waals surface area contributed by atoms with Crippen LogP contribution in [0, 0.1) is 12.3 Å². The fourth-order valence-corrected chi connectivity index (χ4v) is 1.75. The number of nitrogens with one attached hydrogen (secondary N) is 1. The lowest BCUT2D eigenvalue weighted by atomic mass is 9.86. The number of hydrogen-bond acceptors (Lipinski definition) is 2. The Labute approximate surface area is 113 Å². The van der Waals surface area contributed by atoms with E-state index >= 15 is 0 Å². The van der Waals surface area contributed by atoms with Gasteiger partial charge in [0.05, 0.1) is 6.42 Å². The fourth-order valence-electron chi connectivity index (χ4n) is 1.75. The zero-order chi connectivity index (χ0) is 14.6. The van der Waals surface area contributed by atoms with Gasteiger partial charge in [0.25, 0.3) is 0 Å². The summed E-state index contributed by atoms with van der Waals surface area (Å²) in [6.45, 7) is 7.34. The molecule has 0 spiro atoms. The average Bonchev–Trinajstić information content (AvgIpc) is 2.27. The Hall–Kier alpha value is -1.84. The molecule has 1 rings (SSSR count). The van der Waals surface area contributed by atoms with Crippen molar-refractivity contribution in [1.29, 1.82) is 0 Å². The van der Waals surface area contributed by atoms with E-state index < -0.39 is 17.4 Å². The van der Waals surface area contributed by atoms with Gasteiger partial charge in [0.2, 0.25) is 5.91 Å². The predicted molar refractivity (Wildman–Crippen MR) is 73.9 cm³/mol. The molecule has 4 nitrogen and oxygen atoms in total. The van der Waals surface area contributed by atoms with Crippen LogP contribution in [0.15, 0.2) is 24.3 Å². The SMILES string of the molecule is Cc1ccc(CC(=O)N[C@H](C(=O)O)C(C)(C)C)cc1. The summed E-state index contributed by atoms with van der Waals surface area (Å²) in [6.07, 6.45) is 0.195. The Morgan fingerprint density at radius 3 is 2.16 bits per heavy atom. The lowest BCUT2D eigenvalue weighted by molar-refractivity contribution is -0.144. The van der Waals surface area contributed by atoms with Crippen LogP contribution in [0.2, 0.25) is 0 Å². The molecule has 0 aromatic heterocycles. The van der Waals surface area contributed by atoms with Gasteiger partial charge in [0.15, 0.2) is 0 Å². The molecule has 0 aliphatic rings. The third-order valence-electron chi connectivity index (χ3n) is 2.90. The number of hydrogen-bond donors (Lipinski definition) is 2. The highest BCUT2D eigenvalue weighted by molar-refractivity contribution is 5.85. The van der Waals surface area contributed by atoms with Crippen LogP contribution in [-0.2, 0) is 16.0 Å². The third-order valence-corrected chi connectivity index (χ3v) is 2.90. The van der Waals surface area contributed by atoms with Crippen LogP contribution in [0.1, 0.15) is 31.9 Å². The van der Waals surface area contributed by atoms with Gasteiger partial charge in [-0.25, -0.2) is 4.79 Å². The first-order valence-electron chi connectivity index (χ1n) is 6.28. The van der Waals surface area contributed by atoms with Crippen molar-refractivity contribution in [1.82, 2.24) is 5.32 Å². The minimum absolute atomic E-state index is 0.195. The second-order valence-corrected chi connectivity index (χ2v) is 5.87. The van der Waals surface area contributed by atoms with Gasteiger partial charge in [0, 0.05) is 0 Å². The van der Waals surface area contributed by atoms with Gasteiger partial charge in [-0.05, 0) is 17.9 Å². The molecular weight excluding hydrogens is 242 g/mol. The molecule has 0 saturated heterocycles. The summed E-state index contributed by atoms with van der Waals surface area (Å²) in [5.41, 5.74) is 1.48. The lowest BCUT2D eigenvalue weighted by Gasteiger charge is -2.27.